The quantitative estimate of drug-likeness (QED) is 0.414. The molecule has 0 aliphatic carbocycles. The molecule has 10 N–H and O–H groups in total. The Balaban J connectivity index is 0. The molecule has 5 heavy (non-hydrogen) atoms. The van der Waals surface area contributed by atoms with Crippen molar-refractivity contribution in [2.45, 2.75) is 0 Å². The van der Waals surface area contributed by atoms with E-state index < -0.39 is 0 Å². The van der Waals surface area contributed by atoms with Gasteiger partial charge in [-0.25, -0.2) is 0 Å². The third-order valence-electron chi connectivity index (χ3n) is 0. The maximum Gasteiger partial charge on any atom is -0.147 e. The topological polar surface area (TPSA) is 133 Å². The minimum absolute atomic E-state index is 0. The second kappa shape index (κ2) is 2390. The first-order valence-corrected chi connectivity index (χ1v) is 0. The Kier molecular flexibility index (Phi) is 2480000. The zero-order valence-electron chi connectivity index (χ0n) is 2.82. The summed E-state index contributed by atoms with van der Waals surface area (Å²) in [4.78, 5) is 0. The fourth-order valence-electron chi connectivity index (χ4n) is 0. The molecule has 0 aromatic carbocycles. The summed E-state index contributed by atoms with van der Waals surface area (Å²) >= 11 is 0. The van der Waals surface area contributed by atoms with Crippen molar-refractivity contribution in [1.29, 1.82) is 0 Å². The standard InChI is InChI=1S/ClH.2H3N.2H2O/h1H;2*1H3;2*1H2. The van der Waals surface area contributed by atoms with E-state index in [-0.39, 0.29) is 35.7 Å². The highest BCUT2D eigenvalue weighted by atomic mass is 35.5. The normalized spacial score (nSPS) is 0. The molecule has 0 amide bonds. The Morgan fingerprint density at radius 1 is 0.600 bits per heavy atom. The van der Waals surface area contributed by atoms with Crippen LogP contribution in [0.25, 0.3) is 0 Å². The third-order valence-corrected chi connectivity index (χ3v) is 0. The molecule has 0 aliphatic heterocycles. The van der Waals surface area contributed by atoms with Crippen molar-refractivity contribution in [3.05, 3.63) is 0 Å². The highest BCUT2D eigenvalue weighted by Crippen LogP contribution is 0.690. The molecule has 0 unspecified atom stereocenters. The molecule has 0 spiro atoms. The lowest BCUT2D eigenvalue weighted by atomic mass is 14.0. The van der Waals surface area contributed by atoms with Crippen LogP contribution in [0.1, 0.15) is 0 Å². The molecule has 0 radical (unpaired) electrons. The lowest BCUT2D eigenvalue weighted by molar-refractivity contribution is 0.823. The van der Waals surface area contributed by atoms with Crippen LogP contribution in [0.2, 0.25) is 0 Å². The molecule has 0 saturated carbocycles. The minimum Gasteiger partial charge on any atom is -0.412 e. The van der Waals surface area contributed by atoms with Crippen LogP contribution in [0, 0.1) is 0 Å². The summed E-state index contributed by atoms with van der Waals surface area (Å²) in [6.07, 6.45) is 0. The van der Waals surface area contributed by atoms with E-state index in [1.807, 2.05) is 0 Å². The molecular weight excluding hydrogens is 95.5 g/mol. The predicted molar refractivity (Wildman–Crippen MR) is 24.5 cm³/mol. The van der Waals surface area contributed by atoms with Crippen molar-refractivity contribution >= 4 is 12.4 Å². The van der Waals surface area contributed by atoms with Crippen LogP contribution >= 0.6 is 12.4 Å². The monoisotopic (exact) mass is 106 g/mol. The first-order chi connectivity index (χ1) is 0. The number of rotatable bonds is 0. The van der Waals surface area contributed by atoms with Gasteiger partial charge in [-0.1, -0.05) is 0 Å². The largest absolute Gasteiger partial charge is 0.412 e. The van der Waals surface area contributed by atoms with Crippen molar-refractivity contribution in [3.63, 3.8) is 0 Å². The van der Waals surface area contributed by atoms with Crippen molar-refractivity contribution in [2.24, 2.45) is 0 Å². The van der Waals surface area contributed by atoms with Gasteiger partial charge in [-0.15, -0.1) is 12.4 Å². The molecule has 4 nitrogen and oxygen atoms in total. The summed E-state index contributed by atoms with van der Waals surface area (Å²) in [5.74, 6) is 0. The zero-order valence-corrected chi connectivity index (χ0v) is 3.64. The molecule has 40 valence electrons. The maximum atomic E-state index is 0. The molecule has 0 fully saturated rings. The summed E-state index contributed by atoms with van der Waals surface area (Å²) < 4.78 is 0. The van der Waals surface area contributed by atoms with Gasteiger partial charge in [-0.3, -0.25) is 0 Å². The number of hydrogen-bond donors (Lipinski definition) is 2. The second-order valence-electron chi connectivity index (χ2n) is 0. The van der Waals surface area contributed by atoms with E-state index in [2.05, 4.69) is 0 Å². The van der Waals surface area contributed by atoms with Gasteiger partial charge in [0.1, 0.15) is 0 Å². The SMILES string of the molecule is Cl.N.N.O.O. The van der Waals surface area contributed by atoms with Gasteiger partial charge in [-0.2, -0.15) is 0 Å². The van der Waals surface area contributed by atoms with Crippen molar-refractivity contribution in [3.8, 4) is 0 Å². The van der Waals surface area contributed by atoms with Gasteiger partial charge in [0.05, 0.1) is 0 Å². The number of halogens is 1. The summed E-state index contributed by atoms with van der Waals surface area (Å²) in [6.45, 7) is 0. The Bertz CT molecular complexity index is 7.61. The molecule has 0 rings (SSSR count). The fraction of sp³-hybridized carbons (Fsp3) is 0. The smallest absolute Gasteiger partial charge is 0.147 e. The molecule has 0 bridgehead atoms. The molecule has 0 saturated heterocycles. The van der Waals surface area contributed by atoms with Crippen LogP contribution in [0.3, 0.4) is 0 Å². The highest BCUT2D eigenvalue weighted by Gasteiger charge is -0.147. The van der Waals surface area contributed by atoms with Gasteiger partial charge >= 0.3 is 0 Å². The molecule has 0 heterocycles. The van der Waals surface area contributed by atoms with Crippen LogP contribution in [0.5, 0.6) is 0 Å². The average molecular weight is 107 g/mol. The first kappa shape index (κ1) is 5180. The molecule has 0 atom stereocenters. The minimum atomic E-state index is 0. The fourth-order valence-corrected chi connectivity index (χ4v) is 0. The Morgan fingerprint density at radius 2 is 0.600 bits per heavy atom. The molecule has 0 aliphatic rings. The van der Waals surface area contributed by atoms with Crippen LogP contribution in [-0.2, 0) is 0 Å². The van der Waals surface area contributed by atoms with E-state index in [1.165, 1.54) is 0 Å². The summed E-state index contributed by atoms with van der Waals surface area (Å²) in [5, 5.41) is 0. The van der Waals surface area contributed by atoms with Crippen molar-refractivity contribution in [1.82, 2.24) is 12.3 Å². The van der Waals surface area contributed by atoms with E-state index in [0.717, 1.165) is 0 Å². The van der Waals surface area contributed by atoms with Gasteiger partial charge in [0.2, 0.25) is 0 Å². The summed E-state index contributed by atoms with van der Waals surface area (Å²) in [6, 6.07) is 0. The highest BCUT2D eigenvalue weighted by molar-refractivity contribution is 5.85. The Morgan fingerprint density at radius 3 is 0.600 bits per heavy atom. The van der Waals surface area contributed by atoms with Crippen LogP contribution in [0.4, 0.5) is 0 Å². The number of hydrogen-bond acceptors (Lipinski definition) is 2. The van der Waals surface area contributed by atoms with Gasteiger partial charge in [0, 0.05) is 0 Å². The molecular formula is H11ClN2O2. The lowest BCUT2D eigenvalue weighted by Crippen LogP contribution is -0.482. The lowest BCUT2D eigenvalue weighted by Gasteiger charge is -0.413. The maximum absolute atomic E-state index is 0. The predicted octanol–water partition coefficient (Wildman–Crippen LogP) is -0.904. The van der Waals surface area contributed by atoms with Gasteiger partial charge < -0.3 is 23.3 Å². The van der Waals surface area contributed by atoms with Gasteiger partial charge in [0.15, 0.2) is 0 Å². The molecule has 5 heteroatoms. The van der Waals surface area contributed by atoms with E-state index in [0.29, 0.717) is 0 Å². The third kappa shape index (κ3) is 1110. The van der Waals surface area contributed by atoms with Crippen LogP contribution < -0.4 is 12.3 Å². The van der Waals surface area contributed by atoms with Crippen molar-refractivity contribution < 1.29 is 11.0 Å². The van der Waals surface area contributed by atoms with Gasteiger partial charge in [0.25, 0.3) is 0 Å². The van der Waals surface area contributed by atoms with E-state index in [9.17, 15) is 0 Å². The summed E-state index contributed by atoms with van der Waals surface area (Å²) in [7, 11) is 0. The van der Waals surface area contributed by atoms with E-state index in [1.54, 1.807) is 0 Å². The van der Waals surface area contributed by atoms with Crippen LogP contribution in [0.15, 0.2) is 0 Å². The van der Waals surface area contributed by atoms with Gasteiger partial charge in [-0.05, 0) is 0 Å². The molecule has 0 aromatic heterocycles. The van der Waals surface area contributed by atoms with E-state index in [4.69, 9.17) is 0 Å². The van der Waals surface area contributed by atoms with E-state index >= 15 is 0 Å². The zero-order chi connectivity index (χ0) is 0. The second-order valence-corrected chi connectivity index (χ2v) is 0. The molecule has 0 aromatic rings. The first-order valence-electron chi connectivity index (χ1n) is 0. The Hall–Kier alpha value is 0.130. The Labute approximate surface area is 36.8 Å². The average Bonchev–Trinajstić information content (AvgIpc) is 0. The van der Waals surface area contributed by atoms with Crippen molar-refractivity contribution in [2.75, 3.05) is 0 Å². The summed E-state index contributed by atoms with van der Waals surface area (Å²) in [5.41, 5.74) is 0. The van der Waals surface area contributed by atoms with Crippen LogP contribution in [-0.4, -0.2) is 11.0 Å².